The summed E-state index contributed by atoms with van der Waals surface area (Å²) in [5.74, 6) is 0.0990. The van der Waals surface area contributed by atoms with Crippen molar-refractivity contribution < 1.29 is 0 Å². The van der Waals surface area contributed by atoms with Crippen molar-refractivity contribution in [2.75, 3.05) is 0 Å². The molecule has 4 heteroatoms. The van der Waals surface area contributed by atoms with Crippen molar-refractivity contribution in [1.82, 2.24) is 9.78 Å². The smallest absolute Gasteiger partial charge is 0.126 e. The van der Waals surface area contributed by atoms with E-state index in [1.165, 1.54) is 0 Å². The minimum atomic E-state index is 0.0990. The molecule has 4 nitrogen and oxygen atoms in total. The summed E-state index contributed by atoms with van der Waals surface area (Å²) in [7, 11) is 0. The molecule has 0 aromatic carbocycles. The molecule has 1 aromatic heterocycles. The van der Waals surface area contributed by atoms with Crippen LogP contribution in [-0.4, -0.2) is 15.6 Å². The maximum atomic E-state index is 7.40. The monoisotopic (exact) mass is 180 g/mol. The van der Waals surface area contributed by atoms with Gasteiger partial charge in [0, 0.05) is 11.7 Å². The fraction of sp³-hybridized carbons (Fsp3) is 0.556. The fourth-order valence-corrected chi connectivity index (χ4v) is 1.56. The first kappa shape index (κ1) is 9.77. The normalized spacial score (nSPS) is 10.8. The van der Waals surface area contributed by atoms with Crippen LogP contribution in [0.2, 0.25) is 0 Å². The lowest BCUT2D eigenvalue weighted by Gasteiger charge is -2.07. The Balaban J connectivity index is 3.30. The summed E-state index contributed by atoms with van der Waals surface area (Å²) in [6.07, 6.45) is 0. The summed E-state index contributed by atoms with van der Waals surface area (Å²) in [5.41, 5.74) is 8.04. The summed E-state index contributed by atoms with van der Waals surface area (Å²) in [5, 5.41) is 11.7. The summed E-state index contributed by atoms with van der Waals surface area (Å²) in [6, 6.07) is 0.312. The van der Waals surface area contributed by atoms with Gasteiger partial charge in [-0.05, 0) is 27.7 Å². The van der Waals surface area contributed by atoms with Crippen LogP contribution in [-0.2, 0) is 0 Å². The third kappa shape index (κ3) is 1.56. The van der Waals surface area contributed by atoms with E-state index < -0.39 is 0 Å². The number of aryl methyl sites for hydroxylation is 1. The van der Waals surface area contributed by atoms with Gasteiger partial charge in [-0.2, -0.15) is 5.10 Å². The summed E-state index contributed by atoms with van der Waals surface area (Å²) in [4.78, 5) is 0. The number of amidine groups is 1. The number of aromatic nitrogens is 2. The average Bonchev–Trinajstić information content (AvgIpc) is 2.26. The molecular weight excluding hydrogens is 164 g/mol. The van der Waals surface area contributed by atoms with Gasteiger partial charge in [-0.15, -0.1) is 0 Å². The Hall–Kier alpha value is -1.32. The zero-order chi connectivity index (χ0) is 10.2. The van der Waals surface area contributed by atoms with Crippen molar-refractivity contribution >= 4 is 5.84 Å². The fourth-order valence-electron chi connectivity index (χ4n) is 1.56. The number of nitrogens with one attached hydrogen (secondary N) is 1. The molecule has 0 bridgehead atoms. The van der Waals surface area contributed by atoms with Crippen molar-refractivity contribution in [3.8, 4) is 0 Å². The number of nitrogens with zero attached hydrogens (tertiary/aromatic N) is 2. The van der Waals surface area contributed by atoms with Gasteiger partial charge in [0.2, 0.25) is 0 Å². The van der Waals surface area contributed by atoms with Gasteiger partial charge < -0.3 is 5.73 Å². The second-order valence-corrected chi connectivity index (χ2v) is 3.50. The Bertz CT molecular complexity index is 336. The van der Waals surface area contributed by atoms with E-state index in [1.54, 1.807) is 0 Å². The van der Waals surface area contributed by atoms with E-state index in [-0.39, 0.29) is 5.84 Å². The molecule has 0 aliphatic heterocycles. The topological polar surface area (TPSA) is 67.7 Å². The lowest BCUT2D eigenvalue weighted by molar-refractivity contribution is 0.516. The maximum Gasteiger partial charge on any atom is 0.126 e. The minimum absolute atomic E-state index is 0.0990. The van der Waals surface area contributed by atoms with E-state index in [2.05, 4.69) is 18.9 Å². The number of rotatable bonds is 2. The summed E-state index contributed by atoms with van der Waals surface area (Å²) >= 11 is 0. The lowest BCUT2D eigenvalue weighted by Crippen LogP contribution is -2.14. The molecule has 3 N–H and O–H groups in total. The molecule has 72 valence electrons. The first-order valence-corrected chi connectivity index (χ1v) is 4.35. The first-order valence-electron chi connectivity index (χ1n) is 4.35. The summed E-state index contributed by atoms with van der Waals surface area (Å²) in [6.45, 7) is 7.94. The molecule has 0 unspecified atom stereocenters. The predicted octanol–water partition coefficient (Wildman–Crippen LogP) is 1.36. The molecule has 1 heterocycles. The number of hydrogen-bond acceptors (Lipinski definition) is 2. The van der Waals surface area contributed by atoms with Gasteiger partial charge in [-0.3, -0.25) is 10.1 Å². The van der Waals surface area contributed by atoms with Gasteiger partial charge in [0.05, 0.1) is 11.3 Å². The molecule has 1 rings (SSSR count). The predicted molar refractivity (Wildman–Crippen MR) is 53.1 cm³/mol. The molecule has 0 amide bonds. The zero-order valence-corrected chi connectivity index (χ0v) is 8.55. The van der Waals surface area contributed by atoms with E-state index in [9.17, 15) is 0 Å². The molecule has 0 radical (unpaired) electrons. The van der Waals surface area contributed by atoms with E-state index in [1.807, 2.05) is 18.5 Å². The molecule has 0 saturated carbocycles. The second-order valence-electron chi connectivity index (χ2n) is 3.50. The molecule has 0 aliphatic carbocycles. The number of nitrogen functional groups attached to an aromatic ring is 1. The third-order valence-corrected chi connectivity index (χ3v) is 2.08. The van der Waals surface area contributed by atoms with Crippen LogP contribution in [0.5, 0.6) is 0 Å². The van der Waals surface area contributed by atoms with Crippen LogP contribution < -0.4 is 5.73 Å². The van der Waals surface area contributed by atoms with Crippen molar-refractivity contribution in [1.29, 1.82) is 5.41 Å². The van der Waals surface area contributed by atoms with Crippen LogP contribution in [0.1, 0.15) is 36.8 Å². The van der Waals surface area contributed by atoms with Crippen molar-refractivity contribution in [3.05, 3.63) is 17.0 Å². The summed E-state index contributed by atoms with van der Waals surface area (Å²) < 4.78 is 1.89. The molecule has 0 aliphatic rings. The van der Waals surface area contributed by atoms with Gasteiger partial charge in [-0.25, -0.2) is 0 Å². The van der Waals surface area contributed by atoms with Gasteiger partial charge in [0.15, 0.2) is 0 Å². The van der Waals surface area contributed by atoms with E-state index in [4.69, 9.17) is 11.1 Å². The van der Waals surface area contributed by atoms with Crippen molar-refractivity contribution in [2.24, 2.45) is 5.73 Å². The Morgan fingerprint density at radius 1 is 1.46 bits per heavy atom. The molecule has 0 saturated heterocycles. The Morgan fingerprint density at radius 2 is 2.00 bits per heavy atom. The Morgan fingerprint density at radius 3 is 2.23 bits per heavy atom. The van der Waals surface area contributed by atoms with Gasteiger partial charge >= 0.3 is 0 Å². The molecular formula is C9H16N4. The highest BCUT2D eigenvalue weighted by molar-refractivity contribution is 5.97. The molecule has 0 atom stereocenters. The highest BCUT2D eigenvalue weighted by Crippen LogP contribution is 2.15. The minimum Gasteiger partial charge on any atom is -0.384 e. The lowest BCUT2D eigenvalue weighted by atomic mass is 10.2. The quantitative estimate of drug-likeness (QED) is 0.533. The molecule has 0 spiro atoms. The van der Waals surface area contributed by atoms with Crippen LogP contribution in [0.4, 0.5) is 0 Å². The van der Waals surface area contributed by atoms with Crippen LogP contribution in [0, 0.1) is 19.3 Å². The SMILES string of the molecule is Cc1nn(C(C)C)c(C)c1C(=N)N. The van der Waals surface area contributed by atoms with Crippen LogP contribution >= 0.6 is 0 Å². The third-order valence-electron chi connectivity index (χ3n) is 2.08. The molecule has 13 heavy (non-hydrogen) atoms. The van der Waals surface area contributed by atoms with Crippen LogP contribution in [0.3, 0.4) is 0 Å². The molecule has 0 fully saturated rings. The van der Waals surface area contributed by atoms with Gasteiger partial charge in [0.1, 0.15) is 5.84 Å². The van der Waals surface area contributed by atoms with E-state index >= 15 is 0 Å². The highest BCUT2D eigenvalue weighted by atomic mass is 15.3. The highest BCUT2D eigenvalue weighted by Gasteiger charge is 2.14. The van der Waals surface area contributed by atoms with E-state index in [0.29, 0.717) is 6.04 Å². The first-order chi connectivity index (χ1) is 5.95. The van der Waals surface area contributed by atoms with E-state index in [0.717, 1.165) is 17.0 Å². The standard InChI is InChI=1S/C9H16N4/c1-5(2)13-7(4)8(9(10)11)6(3)12-13/h5H,1-4H3,(H3,10,11). The van der Waals surface area contributed by atoms with Crippen LogP contribution in [0.25, 0.3) is 0 Å². The van der Waals surface area contributed by atoms with Crippen molar-refractivity contribution in [3.63, 3.8) is 0 Å². The van der Waals surface area contributed by atoms with Crippen LogP contribution in [0.15, 0.2) is 0 Å². The van der Waals surface area contributed by atoms with Crippen molar-refractivity contribution in [2.45, 2.75) is 33.7 Å². The molecule has 1 aromatic rings. The Kier molecular flexibility index (Phi) is 2.40. The number of hydrogen-bond donors (Lipinski definition) is 2. The maximum absolute atomic E-state index is 7.40. The largest absolute Gasteiger partial charge is 0.384 e. The second kappa shape index (κ2) is 3.20. The Labute approximate surface area is 78.3 Å². The zero-order valence-electron chi connectivity index (χ0n) is 8.55. The average molecular weight is 180 g/mol. The van der Waals surface area contributed by atoms with Gasteiger partial charge in [0.25, 0.3) is 0 Å². The van der Waals surface area contributed by atoms with Gasteiger partial charge in [-0.1, -0.05) is 0 Å². The number of nitrogens with two attached hydrogens (primary N) is 1.